The van der Waals surface area contributed by atoms with Gasteiger partial charge in [-0.3, -0.25) is 0 Å². The molecule has 0 saturated carbocycles. The first-order chi connectivity index (χ1) is 16.1. The topological polar surface area (TPSA) is 103 Å². The minimum absolute atomic E-state index is 0.104. The lowest BCUT2D eigenvalue weighted by Crippen LogP contribution is -2.68. The molecule has 2 saturated heterocycles. The summed E-state index contributed by atoms with van der Waals surface area (Å²) in [6.07, 6.45) is -0.875. The molecule has 0 radical (unpaired) electrons. The Morgan fingerprint density at radius 3 is 2.06 bits per heavy atom. The van der Waals surface area contributed by atoms with Gasteiger partial charge in [-0.15, -0.1) is 0 Å². The van der Waals surface area contributed by atoms with Crippen LogP contribution in [0.4, 0.5) is 0 Å². The van der Waals surface area contributed by atoms with E-state index in [1.54, 1.807) is 13.8 Å². The summed E-state index contributed by atoms with van der Waals surface area (Å²) in [6.45, 7) is 9.85. The summed E-state index contributed by atoms with van der Waals surface area (Å²) >= 11 is 0. The Morgan fingerprint density at radius 1 is 1.03 bits per heavy atom. The van der Waals surface area contributed by atoms with E-state index in [-0.39, 0.29) is 11.6 Å². The van der Waals surface area contributed by atoms with E-state index in [0.29, 0.717) is 6.29 Å². The van der Waals surface area contributed by atoms with Crippen LogP contribution in [0, 0.1) is 0 Å². The highest BCUT2D eigenvalue weighted by atomic mass is 28.4. The van der Waals surface area contributed by atoms with Crippen molar-refractivity contribution in [2.45, 2.75) is 69.5 Å². The number of fused-ring (bicyclic) bond motifs is 1. The standard InChI is InChI=1S/C25H31N3O5Si/c1-23(2,3)34(18-12-8-6-9-13-18,19-14-10-7-11-15-19)30-17-25(16-29)21(27-28-26)20-22(33-25)32-24(4,5)31-20/h6-16,20-22H,17H2,1-5H3/t20-,21+,22+,25-/m1/s1. The fraction of sp³-hybridized carbons (Fsp3) is 0.480. The number of benzene rings is 2. The second-order valence-corrected chi connectivity index (χ2v) is 14.6. The van der Waals surface area contributed by atoms with E-state index in [1.807, 2.05) is 36.4 Å². The number of azide groups is 1. The molecular weight excluding hydrogens is 450 g/mol. The molecule has 0 unspecified atom stereocenters. The molecule has 4 atom stereocenters. The third-order valence-electron chi connectivity index (χ3n) is 6.54. The van der Waals surface area contributed by atoms with E-state index >= 15 is 0 Å². The van der Waals surface area contributed by atoms with E-state index in [2.05, 4.69) is 55.1 Å². The van der Waals surface area contributed by atoms with E-state index < -0.39 is 38.1 Å². The molecule has 0 bridgehead atoms. The smallest absolute Gasteiger partial charge is 0.261 e. The fourth-order valence-electron chi connectivity index (χ4n) is 5.08. The van der Waals surface area contributed by atoms with Crippen LogP contribution >= 0.6 is 0 Å². The van der Waals surface area contributed by atoms with Gasteiger partial charge < -0.3 is 23.4 Å². The molecule has 34 heavy (non-hydrogen) atoms. The van der Waals surface area contributed by atoms with Crippen molar-refractivity contribution in [2.75, 3.05) is 6.61 Å². The van der Waals surface area contributed by atoms with Crippen LogP contribution in [0.1, 0.15) is 34.6 Å². The van der Waals surface area contributed by atoms with Gasteiger partial charge >= 0.3 is 0 Å². The number of hydrogen-bond acceptors (Lipinski definition) is 6. The summed E-state index contributed by atoms with van der Waals surface area (Å²) in [5.74, 6) is -0.910. The van der Waals surface area contributed by atoms with Crippen molar-refractivity contribution in [3.63, 3.8) is 0 Å². The average molecular weight is 482 g/mol. The van der Waals surface area contributed by atoms with Crippen molar-refractivity contribution in [3.8, 4) is 0 Å². The minimum Gasteiger partial charge on any atom is -0.404 e. The normalized spacial score (nSPS) is 28.2. The monoisotopic (exact) mass is 481 g/mol. The summed E-state index contributed by atoms with van der Waals surface area (Å²) in [4.78, 5) is 15.5. The molecule has 180 valence electrons. The minimum atomic E-state index is -2.95. The number of rotatable bonds is 7. The van der Waals surface area contributed by atoms with Crippen molar-refractivity contribution in [2.24, 2.45) is 5.11 Å². The molecule has 4 rings (SSSR count). The van der Waals surface area contributed by atoms with Crippen LogP contribution in [0.15, 0.2) is 65.8 Å². The fourth-order valence-corrected chi connectivity index (χ4v) is 9.68. The molecule has 9 heteroatoms. The van der Waals surface area contributed by atoms with Gasteiger partial charge in [0.15, 0.2) is 24.0 Å². The van der Waals surface area contributed by atoms with Gasteiger partial charge in [-0.2, -0.15) is 0 Å². The Hall–Kier alpha value is -2.52. The van der Waals surface area contributed by atoms with Crippen LogP contribution in [0.3, 0.4) is 0 Å². The lowest BCUT2D eigenvalue weighted by Gasteiger charge is -2.44. The lowest BCUT2D eigenvalue weighted by molar-refractivity contribution is -0.226. The maximum absolute atomic E-state index is 12.6. The number of hydrogen-bond donors (Lipinski definition) is 0. The van der Waals surface area contributed by atoms with Crippen LogP contribution in [0.5, 0.6) is 0 Å². The number of nitrogens with zero attached hydrogens (tertiary/aromatic N) is 3. The van der Waals surface area contributed by atoms with E-state index in [9.17, 15) is 10.3 Å². The maximum Gasteiger partial charge on any atom is 0.261 e. The summed E-state index contributed by atoms with van der Waals surface area (Å²) in [5.41, 5.74) is 7.74. The molecule has 2 aliphatic rings. The summed E-state index contributed by atoms with van der Waals surface area (Å²) < 4.78 is 24.8. The molecule has 2 aromatic rings. The van der Waals surface area contributed by atoms with Crippen molar-refractivity contribution in [1.82, 2.24) is 0 Å². The SMILES string of the molecule is CC1(C)O[C@H]2O[C@](C=O)(CO[Si](c3ccccc3)(c3ccccc3)C(C)(C)C)[C@@H](N=[N+]=[N-])[C@H]2O1. The molecular formula is C25H31N3O5Si. The predicted octanol–water partition coefficient (Wildman–Crippen LogP) is 3.69. The molecule has 0 spiro atoms. The van der Waals surface area contributed by atoms with Gasteiger partial charge in [-0.1, -0.05) is 86.5 Å². The van der Waals surface area contributed by atoms with E-state index in [0.717, 1.165) is 10.4 Å². The molecule has 2 fully saturated rings. The number of carbonyl (C=O) groups excluding carboxylic acids is 1. The zero-order valence-electron chi connectivity index (χ0n) is 20.2. The van der Waals surface area contributed by atoms with Crippen LogP contribution < -0.4 is 10.4 Å². The highest BCUT2D eigenvalue weighted by Gasteiger charge is 2.63. The van der Waals surface area contributed by atoms with Crippen LogP contribution in [-0.4, -0.2) is 51.0 Å². The molecule has 0 amide bonds. The molecule has 2 aromatic carbocycles. The van der Waals surface area contributed by atoms with E-state index in [4.69, 9.17) is 18.6 Å². The van der Waals surface area contributed by atoms with Gasteiger partial charge in [0.2, 0.25) is 0 Å². The number of aldehydes is 1. The quantitative estimate of drug-likeness (QED) is 0.197. The zero-order valence-corrected chi connectivity index (χ0v) is 21.2. The van der Waals surface area contributed by atoms with Crippen molar-refractivity contribution in [1.29, 1.82) is 0 Å². The van der Waals surface area contributed by atoms with Crippen LogP contribution in [0.25, 0.3) is 10.4 Å². The second-order valence-electron chi connectivity index (χ2n) is 10.3. The average Bonchev–Trinajstić information content (AvgIpc) is 3.24. The summed E-state index contributed by atoms with van der Waals surface area (Å²) in [5, 5.41) is 5.77. The zero-order chi connectivity index (χ0) is 24.6. The Labute approximate surface area is 200 Å². The first-order valence-corrected chi connectivity index (χ1v) is 13.3. The van der Waals surface area contributed by atoms with Gasteiger partial charge in [0, 0.05) is 4.91 Å². The van der Waals surface area contributed by atoms with Gasteiger partial charge in [0.25, 0.3) is 8.32 Å². The molecule has 8 nitrogen and oxygen atoms in total. The van der Waals surface area contributed by atoms with Gasteiger partial charge in [-0.25, -0.2) is 0 Å². The van der Waals surface area contributed by atoms with Crippen LogP contribution in [0.2, 0.25) is 5.04 Å². The Bertz CT molecular complexity index is 1030. The van der Waals surface area contributed by atoms with Crippen molar-refractivity contribution in [3.05, 3.63) is 71.1 Å². The molecule has 0 aromatic heterocycles. The van der Waals surface area contributed by atoms with Gasteiger partial charge in [0.05, 0.1) is 6.61 Å². The van der Waals surface area contributed by atoms with Crippen molar-refractivity contribution >= 4 is 25.0 Å². The number of carbonyl (C=O) groups is 1. The van der Waals surface area contributed by atoms with Gasteiger partial charge in [0.1, 0.15) is 12.1 Å². The Balaban J connectivity index is 1.78. The van der Waals surface area contributed by atoms with Crippen LogP contribution in [-0.2, 0) is 23.4 Å². The van der Waals surface area contributed by atoms with Gasteiger partial charge in [-0.05, 0) is 34.8 Å². The first kappa shape index (κ1) is 24.6. The Kier molecular flexibility index (Phi) is 6.46. The maximum atomic E-state index is 12.6. The molecule has 0 aliphatic carbocycles. The predicted molar refractivity (Wildman–Crippen MR) is 130 cm³/mol. The molecule has 0 N–H and O–H groups in total. The largest absolute Gasteiger partial charge is 0.404 e. The summed E-state index contributed by atoms with van der Waals surface area (Å²) in [7, 11) is -2.95. The third-order valence-corrected chi connectivity index (χ3v) is 11.5. The van der Waals surface area contributed by atoms with Crippen molar-refractivity contribution < 1.29 is 23.4 Å². The highest BCUT2D eigenvalue weighted by molar-refractivity contribution is 6.99. The highest BCUT2D eigenvalue weighted by Crippen LogP contribution is 2.45. The molecule has 2 aliphatic heterocycles. The molecule has 2 heterocycles. The first-order valence-electron chi connectivity index (χ1n) is 11.4. The Morgan fingerprint density at radius 2 is 1.59 bits per heavy atom. The number of ether oxygens (including phenoxy) is 3. The third kappa shape index (κ3) is 4.09. The lowest BCUT2D eigenvalue weighted by atomic mass is 9.96. The second kappa shape index (κ2) is 8.92. The van der Waals surface area contributed by atoms with E-state index in [1.165, 1.54) is 0 Å². The summed E-state index contributed by atoms with van der Waals surface area (Å²) in [6, 6.07) is 19.3.